The fourth-order valence-electron chi connectivity index (χ4n) is 3.05. The Morgan fingerprint density at radius 2 is 2.00 bits per heavy atom. The van der Waals surface area contributed by atoms with Gasteiger partial charge < -0.3 is 19.2 Å². The van der Waals surface area contributed by atoms with Crippen LogP contribution < -0.4 is 19.7 Å². The molecule has 1 aromatic carbocycles. The second-order valence-corrected chi connectivity index (χ2v) is 6.25. The lowest BCUT2D eigenvalue weighted by Crippen LogP contribution is -2.27. The molecule has 8 heteroatoms. The summed E-state index contributed by atoms with van der Waals surface area (Å²) in [7, 11) is 3.15. The molecule has 2 aromatic heterocycles. The smallest absolute Gasteiger partial charge is 0.321 e. The Kier molecular flexibility index (Phi) is 4.08. The highest BCUT2D eigenvalue weighted by atomic mass is 35.5. The zero-order valence-corrected chi connectivity index (χ0v) is 15.1. The molecular weight excluding hydrogens is 356 g/mol. The summed E-state index contributed by atoms with van der Waals surface area (Å²) in [4.78, 5) is 18.2. The minimum atomic E-state index is -0.0928. The van der Waals surface area contributed by atoms with Crippen LogP contribution in [0, 0.1) is 0 Å². The predicted molar refractivity (Wildman–Crippen MR) is 99.5 cm³/mol. The fraction of sp³-hybridized carbons (Fsp3) is 0.222. The molecule has 2 amide bonds. The van der Waals surface area contributed by atoms with Gasteiger partial charge in [0.05, 0.1) is 30.6 Å². The molecule has 0 spiro atoms. The predicted octanol–water partition coefficient (Wildman–Crippen LogP) is 3.20. The number of urea groups is 1. The maximum Gasteiger partial charge on any atom is 0.321 e. The minimum absolute atomic E-state index is 0.0928. The summed E-state index contributed by atoms with van der Waals surface area (Å²) in [5, 5.41) is 3.28. The van der Waals surface area contributed by atoms with Gasteiger partial charge in [0.1, 0.15) is 17.1 Å². The Bertz CT molecular complexity index is 1000. The van der Waals surface area contributed by atoms with Crippen LogP contribution in [0.3, 0.4) is 0 Å². The van der Waals surface area contributed by atoms with E-state index in [-0.39, 0.29) is 6.03 Å². The summed E-state index contributed by atoms with van der Waals surface area (Å²) >= 11 is 6.27. The summed E-state index contributed by atoms with van der Waals surface area (Å²) in [5.41, 5.74) is 3.02. The van der Waals surface area contributed by atoms with Crippen molar-refractivity contribution >= 4 is 29.0 Å². The zero-order valence-electron chi connectivity index (χ0n) is 14.3. The molecule has 1 aliphatic heterocycles. The molecule has 134 valence electrons. The number of hydrogen-bond donors (Lipinski definition) is 1. The monoisotopic (exact) mass is 372 g/mol. The first-order chi connectivity index (χ1) is 12.6. The third-order valence-corrected chi connectivity index (χ3v) is 4.66. The van der Waals surface area contributed by atoms with E-state index in [0.29, 0.717) is 29.6 Å². The normalized spacial score (nSPS) is 14.0. The molecule has 1 N–H and O–H groups in total. The highest BCUT2D eigenvalue weighted by Crippen LogP contribution is 2.38. The number of anilines is 1. The van der Waals surface area contributed by atoms with Crippen LogP contribution in [-0.4, -0.2) is 42.7 Å². The number of aromatic nitrogens is 2. The lowest BCUT2D eigenvalue weighted by molar-refractivity contribution is 0.252. The van der Waals surface area contributed by atoms with Gasteiger partial charge in [-0.1, -0.05) is 11.6 Å². The number of halogens is 1. The highest BCUT2D eigenvalue weighted by Gasteiger charge is 2.22. The number of carbonyl (C=O) groups excluding carboxylic acids is 1. The molecule has 0 bridgehead atoms. The molecule has 0 atom stereocenters. The summed E-state index contributed by atoms with van der Waals surface area (Å²) in [6.45, 7) is 1.29. The molecule has 1 fully saturated rings. The van der Waals surface area contributed by atoms with Crippen molar-refractivity contribution in [1.82, 2.24) is 14.7 Å². The number of benzene rings is 1. The molecular formula is C18H17ClN4O3. The first-order valence-corrected chi connectivity index (χ1v) is 8.44. The first-order valence-electron chi connectivity index (χ1n) is 8.06. The number of imidazole rings is 1. The van der Waals surface area contributed by atoms with E-state index in [1.165, 1.54) is 0 Å². The van der Waals surface area contributed by atoms with Gasteiger partial charge in [0, 0.05) is 43.2 Å². The van der Waals surface area contributed by atoms with Gasteiger partial charge in [0.2, 0.25) is 0 Å². The standard InChI is InChI=1S/C18H17ClN4O3/c1-25-15-9-16(26-2)13(19)8-12(15)14-10-22-5-3-11(7-17(22)21-14)23-6-4-20-18(23)24/h3,5,7-10H,4,6H2,1-2H3,(H,20,24). The molecule has 3 aromatic rings. The Morgan fingerprint density at radius 1 is 1.19 bits per heavy atom. The lowest BCUT2D eigenvalue weighted by atomic mass is 10.1. The van der Waals surface area contributed by atoms with Gasteiger partial charge in [-0.25, -0.2) is 9.78 Å². The lowest BCUT2D eigenvalue weighted by Gasteiger charge is -2.13. The maximum absolute atomic E-state index is 11.9. The van der Waals surface area contributed by atoms with Crippen molar-refractivity contribution in [2.24, 2.45) is 0 Å². The van der Waals surface area contributed by atoms with Gasteiger partial charge in [0.25, 0.3) is 0 Å². The minimum Gasteiger partial charge on any atom is -0.496 e. The third-order valence-electron chi connectivity index (χ3n) is 4.36. The number of rotatable bonds is 4. The van der Waals surface area contributed by atoms with E-state index in [1.54, 1.807) is 31.3 Å². The van der Waals surface area contributed by atoms with Crippen LogP contribution in [0.2, 0.25) is 5.02 Å². The van der Waals surface area contributed by atoms with E-state index >= 15 is 0 Å². The van der Waals surface area contributed by atoms with Crippen molar-refractivity contribution < 1.29 is 14.3 Å². The van der Waals surface area contributed by atoms with E-state index in [9.17, 15) is 4.79 Å². The first kappa shape index (κ1) is 16.5. The summed E-state index contributed by atoms with van der Waals surface area (Å²) in [6.07, 6.45) is 3.77. The van der Waals surface area contributed by atoms with E-state index in [2.05, 4.69) is 10.3 Å². The SMILES string of the molecule is COc1cc(OC)c(-c2cn3ccc(N4CCNC4=O)cc3n2)cc1Cl. The van der Waals surface area contributed by atoms with Crippen molar-refractivity contribution in [3.63, 3.8) is 0 Å². The van der Waals surface area contributed by atoms with Crippen molar-refractivity contribution in [3.05, 3.63) is 41.7 Å². The van der Waals surface area contributed by atoms with Crippen molar-refractivity contribution in [2.45, 2.75) is 0 Å². The molecule has 0 unspecified atom stereocenters. The number of nitrogens with one attached hydrogen (secondary N) is 1. The van der Waals surface area contributed by atoms with Gasteiger partial charge in [0.15, 0.2) is 0 Å². The largest absolute Gasteiger partial charge is 0.496 e. The van der Waals surface area contributed by atoms with Crippen molar-refractivity contribution in [1.29, 1.82) is 0 Å². The molecule has 0 aliphatic carbocycles. The summed E-state index contributed by atoms with van der Waals surface area (Å²) < 4.78 is 12.6. The van der Waals surface area contributed by atoms with E-state index in [0.717, 1.165) is 22.6 Å². The zero-order chi connectivity index (χ0) is 18.3. The van der Waals surface area contributed by atoms with Gasteiger partial charge in [-0.3, -0.25) is 4.90 Å². The Balaban J connectivity index is 1.78. The maximum atomic E-state index is 11.9. The number of amides is 2. The molecule has 7 nitrogen and oxygen atoms in total. The fourth-order valence-corrected chi connectivity index (χ4v) is 3.29. The van der Waals surface area contributed by atoms with E-state index in [4.69, 9.17) is 21.1 Å². The highest BCUT2D eigenvalue weighted by molar-refractivity contribution is 6.32. The quantitative estimate of drug-likeness (QED) is 0.763. The Hall–Kier alpha value is -2.93. The second kappa shape index (κ2) is 6.42. The van der Waals surface area contributed by atoms with Crippen LogP contribution in [0.25, 0.3) is 16.9 Å². The van der Waals surface area contributed by atoms with E-state index in [1.807, 2.05) is 28.9 Å². The molecule has 1 aliphatic rings. The van der Waals surface area contributed by atoms with Crippen LogP contribution in [-0.2, 0) is 0 Å². The third kappa shape index (κ3) is 2.70. The topological polar surface area (TPSA) is 68.1 Å². The van der Waals surface area contributed by atoms with Crippen LogP contribution in [0.5, 0.6) is 11.5 Å². The number of carbonyl (C=O) groups is 1. The van der Waals surface area contributed by atoms with Gasteiger partial charge >= 0.3 is 6.03 Å². The molecule has 3 heterocycles. The average Bonchev–Trinajstić information content (AvgIpc) is 3.26. The van der Waals surface area contributed by atoms with Gasteiger partial charge in [-0.15, -0.1) is 0 Å². The van der Waals surface area contributed by atoms with Crippen LogP contribution in [0.15, 0.2) is 36.7 Å². The number of methoxy groups -OCH3 is 2. The second-order valence-electron chi connectivity index (χ2n) is 5.85. The Labute approximate surface area is 155 Å². The number of fused-ring (bicyclic) bond motifs is 1. The number of hydrogen-bond acceptors (Lipinski definition) is 4. The summed E-state index contributed by atoms with van der Waals surface area (Å²) in [5.74, 6) is 1.16. The van der Waals surface area contributed by atoms with Crippen molar-refractivity contribution in [2.75, 3.05) is 32.2 Å². The van der Waals surface area contributed by atoms with Crippen LogP contribution in [0.1, 0.15) is 0 Å². The summed E-state index contributed by atoms with van der Waals surface area (Å²) in [6, 6.07) is 7.19. The number of pyridine rings is 1. The molecule has 0 saturated carbocycles. The van der Waals surface area contributed by atoms with Gasteiger partial charge in [-0.2, -0.15) is 0 Å². The van der Waals surface area contributed by atoms with Gasteiger partial charge in [-0.05, 0) is 12.1 Å². The molecule has 0 radical (unpaired) electrons. The average molecular weight is 373 g/mol. The van der Waals surface area contributed by atoms with E-state index < -0.39 is 0 Å². The van der Waals surface area contributed by atoms with Crippen molar-refractivity contribution in [3.8, 4) is 22.8 Å². The number of ether oxygens (including phenoxy) is 2. The molecule has 4 rings (SSSR count). The molecule has 1 saturated heterocycles. The van der Waals surface area contributed by atoms with Crippen LogP contribution >= 0.6 is 11.6 Å². The molecule has 26 heavy (non-hydrogen) atoms. The Morgan fingerprint density at radius 3 is 2.69 bits per heavy atom. The van der Waals surface area contributed by atoms with Crippen LogP contribution in [0.4, 0.5) is 10.5 Å². The number of nitrogens with zero attached hydrogens (tertiary/aromatic N) is 3.